The SMILES string of the molecule is COC(=O)c1c(NC(=O)CN(C)C)sc(C(N)=O)c1C. The molecule has 0 radical (unpaired) electrons. The van der Waals surface area contributed by atoms with Gasteiger partial charge < -0.3 is 20.7 Å². The summed E-state index contributed by atoms with van der Waals surface area (Å²) in [6.07, 6.45) is 0. The predicted molar refractivity (Wildman–Crippen MR) is 76.1 cm³/mol. The first-order valence-electron chi connectivity index (χ1n) is 5.74. The lowest BCUT2D eigenvalue weighted by atomic mass is 10.1. The van der Waals surface area contributed by atoms with Crippen LogP contribution in [-0.4, -0.2) is 50.4 Å². The normalized spacial score (nSPS) is 10.4. The van der Waals surface area contributed by atoms with E-state index in [1.165, 1.54) is 7.11 Å². The molecule has 3 N–H and O–H groups in total. The Labute approximate surface area is 120 Å². The van der Waals surface area contributed by atoms with Gasteiger partial charge in [-0.2, -0.15) is 0 Å². The molecule has 0 aliphatic rings. The molecular formula is C12H17N3O4S. The topological polar surface area (TPSA) is 102 Å². The monoisotopic (exact) mass is 299 g/mol. The summed E-state index contributed by atoms with van der Waals surface area (Å²) >= 11 is 0.968. The second-order valence-corrected chi connectivity index (χ2v) is 5.42. The van der Waals surface area contributed by atoms with Crippen LogP contribution in [0.5, 0.6) is 0 Å². The zero-order valence-electron chi connectivity index (χ0n) is 11.8. The molecule has 1 heterocycles. The number of nitrogens with two attached hydrogens (primary N) is 1. The maximum absolute atomic E-state index is 11.8. The molecular weight excluding hydrogens is 282 g/mol. The molecule has 0 fully saturated rings. The smallest absolute Gasteiger partial charge is 0.341 e. The Morgan fingerprint density at radius 2 is 1.95 bits per heavy atom. The van der Waals surface area contributed by atoms with Crippen molar-refractivity contribution in [1.29, 1.82) is 0 Å². The van der Waals surface area contributed by atoms with Crippen molar-refractivity contribution in [2.45, 2.75) is 6.92 Å². The molecule has 1 aromatic heterocycles. The molecule has 1 rings (SSSR count). The summed E-state index contributed by atoms with van der Waals surface area (Å²) in [6.45, 7) is 1.74. The molecule has 8 heteroatoms. The molecule has 0 saturated carbocycles. The van der Waals surface area contributed by atoms with Crippen LogP contribution in [-0.2, 0) is 9.53 Å². The molecule has 0 spiro atoms. The number of hydrogen-bond acceptors (Lipinski definition) is 6. The van der Waals surface area contributed by atoms with Gasteiger partial charge in [-0.1, -0.05) is 0 Å². The number of carbonyl (C=O) groups is 3. The number of nitrogens with one attached hydrogen (secondary N) is 1. The number of ether oxygens (including phenoxy) is 1. The highest BCUT2D eigenvalue weighted by atomic mass is 32.1. The van der Waals surface area contributed by atoms with Crippen molar-refractivity contribution >= 4 is 34.1 Å². The number of amides is 2. The van der Waals surface area contributed by atoms with E-state index in [9.17, 15) is 14.4 Å². The van der Waals surface area contributed by atoms with E-state index < -0.39 is 11.9 Å². The van der Waals surface area contributed by atoms with Crippen LogP contribution in [0.2, 0.25) is 0 Å². The van der Waals surface area contributed by atoms with Crippen LogP contribution in [0.1, 0.15) is 25.6 Å². The summed E-state index contributed by atoms with van der Waals surface area (Å²) in [5.41, 5.74) is 5.83. The Bertz CT molecular complexity index is 551. The summed E-state index contributed by atoms with van der Waals surface area (Å²) in [6, 6.07) is 0. The lowest BCUT2D eigenvalue weighted by molar-refractivity contribution is -0.116. The average molecular weight is 299 g/mol. The minimum atomic E-state index is -0.647. The lowest BCUT2D eigenvalue weighted by Gasteiger charge is -2.10. The van der Waals surface area contributed by atoms with E-state index in [1.807, 2.05) is 0 Å². The van der Waals surface area contributed by atoms with E-state index in [1.54, 1.807) is 25.9 Å². The summed E-state index contributed by atoms with van der Waals surface area (Å²) < 4.78 is 4.67. The molecule has 0 unspecified atom stereocenters. The third-order valence-corrected chi connectivity index (χ3v) is 3.69. The molecule has 7 nitrogen and oxygen atoms in total. The maximum Gasteiger partial charge on any atom is 0.341 e. The van der Waals surface area contributed by atoms with E-state index in [2.05, 4.69) is 10.1 Å². The van der Waals surface area contributed by atoms with Gasteiger partial charge in [0, 0.05) is 0 Å². The minimum Gasteiger partial charge on any atom is -0.465 e. The van der Waals surface area contributed by atoms with Gasteiger partial charge in [0.05, 0.1) is 24.1 Å². The van der Waals surface area contributed by atoms with Gasteiger partial charge >= 0.3 is 5.97 Å². The molecule has 0 saturated heterocycles. The lowest BCUT2D eigenvalue weighted by Crippen LogP contribution is -2.27. The molecule has 0 aliphatic heterocycles. The Morgan fingerprint density at radius 1 is 1.35 bits per heavy atom. The molecule has 2 amide bonds. The van der Waals surface area contributed by atoms with Crippen molar-refractivity contribution in [3.8, 4) is 0 Å². The number of rotatable bonds is 5. The number of anilines is 1. The average Bonchev–Trinajstić information content (AvgIpc) is 2.64. The highest BCUT2D eigenvalue weighted by molar-refractivity contribution is 7.18. The molecule has 1 aromatic rings. The van der Waals surface area contributed by atoms with E-state index in [0.29, 0.717) is 5.56 Å². The largest absolute Gasteiger partial charge is 0.465 e. The van der Waals surface area contributed by atoms with E-state index in [4.69, 9.17) is 5.73 Å². The van der Waals surface area contributed by atoms with E-state index in [0.717, 1.165) is 11.3 Å². The van der Waals surface area contributed by atoms with E-state index in [-0.39, 0.29) is 27.9 Å². The summed E-state index contributed by atoms with van der Waals surface area (Å²) in [4.78, 5) is 36.8. The van der Waals surface area contributed by atoms with Gasteiger partial charge in [0.2, 0.25) is 5.91 Å². The van der Waals surface area contributed by atoms with Crippen molar-refractivity contribution in [3.63, 3.8) is 0 Å². The number of hydrogen-bond donors (Lipinski definition) is 2. The number of esters is 1. The van der Waals surface area contributed by atoms with Crippen LogP contribution in [0.25, 0.3) is 0 Å². The van der Waals surface area contributed by atoms with Gasteiger partial charge in [0.1, 0.15) is 5.00 Å². The standard InChI is InChI=1S/C12H17N3O4S/c1-6-8(12(18)19-4)11(20-9(6)10(13)17)14-7(16)5-15(2)3/h5H2,1-4H3,(H2,13,17)(H,14,16). The second-order valence-electron chi connectivity index (χ2n) is 4.40. The Kier molecular flexibility index (Phi) is 5.23. The number of nitrogens with zero attached hydrogens (tertiary/aromatic N) is 1. The first-order chi connectivity index (χ1) is 9.27. The maximum atomic E-state index is 11.8. The number of primary amides is 1. The number of likely N-dealkylation sites (N-methyl/N-ethyl adjacent to an activating group) is 1. The fraction of sp³-hybridized carbons (Fsp3) is 0.417. The van der Waals surface area contributed by atoms with Gasteiger partial charge in [-0.3, -0.25) is 9.59 Å². The van der Waals surface area contributed by atoms with Gasteiger partial charge in [0.15, 0.2) is 0 Å². The van der Waals surface area contributed by atoms with Gasteiger partial charge in [0.25, 0.3) is 5.91 Å². The quantitative estimate of drug-likeness (QED) is 0.768. The van der Waals surface area contributed by atoms with Gasteiger partial charge in [-0.15, -0.1) is 11.3 Å². The second kappa shape index (κ2) is 6.49. The minimum absolute atomic E-state index is 0.156. The summed E-state index contributed by atoms with van der Waals surface area (Å²) in [7, 11) is 4.72. The fourth-order valence-corrected chi connectivity index (χ4v) is 2.70. The zero-order chi connectivity index (χ0) is 15.4. The van der Waals surface area contributed by atoms with Gasteiger partial charge in [-0.05, 0) is 26.6 Å². The van der Waals surface area contributed by atoms with E-state index >= 15 is 0 Å². The van der Waals surface area contributed by atoms with Gasteiger partial charge in [-0.25, -0.2) is 4.79 Å². The molecule has 0 aromatic carbocycles. The third-order valence-electron chi connectivity index (χ3n) is 2.47. The van der Waals surface area contributed by atoms with Crippen molar-refractivity contribution in [3.05, 3.63) is 16.0 Å². The van der Waals surface area contributed by atoms with Crippen LogP contribution in [0.4, 0.5) is 5.00 Å². The Morgan fingerprint density at radius 3 is 2.40 bits per heavy atom. The fourth-order valence-electron chi connectivity index (χ4n) is 1.64. The number of methoxy groups -OCH3 is 1. The van der Waals surface area contributed by atoms with Crippen molar-refractivity contribution in [2.24, 2.45) is 5.73 Å². The summed E-state index contributed by atoms with van der Waals surface area (Å²) in [5.74, 6) is -1.56. The predicted octanol–water partition coefficient (Wildman–Crippen LogP) is 0.442. The van der Waals surface area contributed by atoms with Crippen molar-refractivity contribution < 1.29 is 19.1 Å². The highest BCUT2D eigenvalue weighted by Gasteiger charge is 2.25. The Hall–Kier alpha value is -1.93. The molecule has 0 atom stereocenters. The van der Waals surface area contributed by atoms with Crippen molar-refractivity contribution in [2.75, 3.05) is 33.1 Å². The summed E-state index contributed by atoms with van der Waals surface area (Å²) in [5, 5.41) is 2.88. The highest BCUT2D eigenvalue weighted by Crippen LogP contribution is 2.33. The number of carbonyl (C=O) groups excluding carboxylic acids is 3. The van der Waals surface area contributed by atoms with Crippen LogP contribution in [0.3, 0.4) is 0 Å². The first-order valence-corrected chi connectivity index (χ1v) is 6.55. The third kappa shape index (κ3) is 3.55. The van der Waals surface area contributed by atoms with Crippen LogP contribution >= 0.6 is 11.3 Å². The van der Waals surface area contributed by atoms with Crippen molar-refractivity contribution in [1.82, 2.24) is 4.90 Å². The first kappa shape index (κ1) is 16.1. The Balaban J connectivity index is 3.17. The van der Waals surface area contributed by atoms with Crippen LogP contribution < -0.4 is 11.1 Å². The van der Waals surface area contributed by atoms with Crippen LogP contribution in [0, 0.1) is 6.92 Å². The molecule has 0 bridgehead atoms. The molecule has 20 heavy (non-hydrogen) atoms. The zero-order valence-corrected chi connectivity index (χ0v) is 12.6. The number of thiophene rings is 1. The van der Waals surface area contributed by atoms with Crippen LogP contribution in [0.15, 0.2) is 0 Å². The molecule has 110 valence electrons. The molecule has 0 aliphatic carbocycles.